The molecule has 1 saturated heterocycles. The van der Waals surface area contributed by atoms with Gasteiger partial charge in [0.05, 0.1) is 26.4 Å². The zero-order valence-corrected chi connectivity index (χ0v) is 15.5. The minimum absolute atomic E-state index is 0.251. The van der Waals surface area contributed by atoms with E-state index in [2.05, 4.69) is 0 Å². The zero-order valence-electron chi connectivity index (χ0n) is 15.5. The fourth-order valence-electron chi connectivity index (χ4n) is 3.05. The quantitative estimate of drug-likeness (QED) is 0.774. The van der Waals surface area contributed by atoms with E-state index in [-0.39, 0.29) is 6.61 Å². The van der Waals surface area contributed by atoms with E-state index in [0.717, 1.165) is 16.9 Å². The van der Waals surface area contributed by atoms with Crippen LogP contribution in [0, 0.1) is 0 Å². The molecule has 0 amide bonds. The lowest BCUT2D eigenvalue weighted by atomic mass is 9.99. The standard InChI is InChI=1S/C21H26O6/c1-14-18(22)19(25-12-15-6-4-3-5-7-15)20(21(23)27-14)26-13-16-8-10-17(24-2)11-9-16/h3-11,14,18-23H,12-13H2,1-2H3/t14-,18-,19+,20-,21?/m1/s1. The van der Waals surface area contributed by atoms with Crippen LogP contribution in [0.25, 0.3) is 0 Å². The molecule has 2 N–H and O–H groups in total. The number of aliphatic hydroxyl groups excluding tert-OH is 2. The molecule has 1 fully saturated rings. The van der Waals surface area contributed by atoms with Crippen molar-refractivity contribution in [2.45, 2.75) is 50.8 Å². The molecule has 2 aromatic rings. The van der Waals surface area contributed by atoms with E-state index in [4.69, 9.17) is 18.9 Å². The Labute approximate surface area is 159 Å². The first-order valence-corrected chi connectivity index (χ1v) is 9.00. The Bertz CT molecular complexity index is 690. The molecule has 3 rings (SSSR count). The van der Waals surface area contributed by atoms with Gasteiger partial charge in [-0.1, -0.05) is 42.5 Å². The molecule has 0 bridgehead atoms. The van der Waals surface area contributed by atoms with Crippen molar-refractivity contribution >= 4 is 0 Å². The number of methoxy groups -OCH3 is 1. The second kappa shape index (κ2) is 9.30. The number of aliphatic hydroxyl groups is 2. The van der Waals surface area contributed by atoms with Gasteiger partial charge in [-0.05, 0) is 30.2 Å². The molecular weight excluding hydrogens is 348 g/mol. The molecule has 0 aliphatic carbocycles. The summed E-state index contributed by atoms with van der Waals surface area (Å²) in [5, 5.41) is 20.8. The Kier molecular flexibility index (Phi) is 6.82. The lowest BCUT2D eigenvalue weighted by molar-refractivity contribution is -0.300. The van der Waals surface area contributed by atoms with Gasteiger partial charge >= 0.3 is 0 Å². The molecule has 1 aliphatic rings. The van der Waals surface area contributed by atoms with Crippen molar-refractivity contribution < 1.29 is 29.2 Å². The third-order valence-corrected chi connectivity index (χ3v) is 4.66. The van der Waals surface area contributed by atoms with Crippen LogP contribution in [0.1, 0.15) is 18.1 Å². The minimum atomic E-state index is -1.18. The monoisotopic (exact) mass is 374 g/mol. The van der Waals surface area contributed by atoms with Gasteiger partial charge in [-0.3, -0.25) is 0 Å². The molecule has 1 unspecified atom stereocenters. The van der Waals surface area contributed by atoms with Gasteiger partial charge in [0.15, 0.2) is 6.29 Å². The number of ether oxygens (including phenoxy) is 4. The summed E-state index contributed by atoms with van der Waals surface area (Å²) in [6.07, 6.45) is -4.15. The Hall–Kier alpha value is -1.96. The Morgan fingerprint density at radius 1 is 0.852 bits per heavy atom. The predicted octanol–water partition coefficient (Wildman–Crippen LogP) is 2.26. The summed E-state index contributed by atoms with van der Waals surface area (Å²) in [7, 11) is 1.61. The van der Waals surface area contributed by atoms with E-state index in [1.54, 1.807) is 14.0 Å². The summed E-state index contributed by atoms with van der Waals surface area (Å²) < 4.78 is 22.3. The number of benzene rings is 2. The lowest BCUT2D eigenvalue weighted by Crippen LogP contribution is -2.58. The summed E-state index contributed by atoms with van der Waals surface area (Å²) in [5.41, 5.74) is 1.89. The van der Waals surface area contributed by atoms with E-state index >= 15 is 0 Å². The second-order valence-corrected chi connectivity index (χ2v) is 6.61. The van der Waals surface area contributed by atoms with Crippen LogP contribution in [-0.2, 0) is 27.4 Å². The molecule has 1 aliphatic heterocycles. The van der Waals surface area contributed by atoms with Crippen LogP contribution in [-0.4, -0.2) is 48.0 Å². The highest BCUT2D eigenvalue weighted by Gasteiger charge is 2.44. The number of hydrogen-bond donors (Lipinski definition) is 2. The van der Waals surface area contributed by atoms with Crippen molar-refractivity contribution in [3.05, 3.63) is 65.7 Å². The summed E-state index contributed by atoms with van der Waals surface area (Å²) in [6.45, 7) is 2.26. The van der Waals surface area contributed by atoms with Gasteiger partial charge in [0, 0.05) is 0 Å². The van der Waals surface area contributed by atoms with Crippen LogP contribution in [0.3, 0.4) is 0 Å². The van der Waals surface area contributed by atoms with E-state index < -0.39 is 30.7 Å². The topological polar surface area (TPSA) is 77.4 Å². The van der Waals surface area contributed by atoms with Crippen molar-refractivity contribution in [3.8, 4) is 5.75 Å². The van der Waals surface area contributed by atoms with Crippen molar-refractivity contribution in [3.63, 3.8) is 0 Å². The molecule has 146 valence electrons. The van der Waals surface area contributed by atoms with Crippen molar-refractivity contribution in [1.29, 1.82) is 0 Å². The van der Waals surface area contributed by atoms with Gasteiger partial charge in [0.25, 0.3) is 0 Å². The summed E-state index contributed by atoms with van der Waals surface area (Å²) in [6, 6.07) is 17.1. The first kappa shape index (κ1) is 19.8. The number of rotatable bonds is 7. The molecule has 0 spiro atoms. The van der Waals surface area contributed by atoms with Crippen LogP contribution >= 0.6 is 0 Å². The highest BCUT2D eigenvalue weighted by Crippen LogP contribution is 2.26. The maximum atomic E-state index is 10.5. The summed E-state index contributed by atoms with van der Waals surface area (Å²) >= 11 is 0. The smallest absolute Gasteiger partial charge is 0.184 e. The second-order valence-electron chi connectivity index (χ2n) is 6.61. The molecule has 6 nitrogen and oxygen atoms in total. The first-order valence-electron chi connectivity index (χ1n) is 9.00. The Morgan fingerprint density at radius 2 is 1.44 bits per heavy atom. The predicted molar refractivity (Wildman–Crippen MR) is 99.2 cm³/mol. The SMILES string of the molecule is COc1ccc(CO[C@H]2C(O)O[C@H](C)[C@@H](O)[C@@H]2OCc2ccccc2)cc1. The van der Waals surface area contributed by atoms with E-state index in [0.29, 0.717) is 6.61 Å². The van der Waals surface area contributed by atoms with Crippen LogP contribution in [0.15, 0.2) is 54.6 Å². The van der Waals surface area contributed by atoms with E-state index in [1.807, 2.05) is 54.6 Å². The molecule has 0 saturated carbocycles. The third kappa shape index (κ3) is 5.06. The van der Waals surface area contributed by atoms with Crippen LogP contribution in [0.5, 0.6) is 5.75 Å². The van der Waals surface area contributed by atoms with Gasteiger partial charge < -0.3 is 29.2 Å². The van der Waals surface area contributed by atoms with Gasteiger partial charge in [-0.15, -0.1) is 0 Å². The highest BCUT2D eigenvalue weighted by atomic mass is 16.7. The first-order chi connectivity index (χ1) is 13.1. The Morgan fingerprint density at radius 3 is 2.07 bits per heavy atom. The van der Waals surface area contributed by atoms with E-state index in [9.17, 15) is 10.2 Å². The third-order valence-electron chi connectivity index (χ3n) is 4.66. The average molecular weight is 374 g/mol. The highest BCUT2D eigenvalue weighted by molar-refractivity contribution is 5.26. The molecule has 1 heterocycles. The van der Waals surface area contributed by atoms with Gasteiger partial charge in [-0.25, -0.2) is 0 Å². The van der Waals surface area contributed by atoms with Crippen LogP contribution in [0.4, 0.5) is 0 Å². The molecular formula is C21H26O6. The molecule has 0 aromatic heterocycles. The molecule has 6 heteroatoms. The van der Waals surface area contributed by atoms with Gasteiger partial charge in [0.2, 0.25) is 0 Å². The summed E-state index contributed by atoms with van der Waals surface area (Å²) in [5.74, 6) is 0.758. The van der Waals surface area contributed by atoms with Crippen LogP contribution < -0.4 is 4.74 Å². The van der Waals surface area contributed by atoms with Crippen molar-refractivity contribution in [2.24, 2.45) is 0 Å². The maximum Gasteiger partial charge on any atom is 0.184 e. The molecule has 27 heavy (non-hydrogen) atoms. The van der Waals surface area contributed by atoms with Gasteiger partial charge in [0.1, 0.15) is 24.1 Å². The van der Waals surface area contributed by atoms with Crippen molar-refractivity contribution in [2.75, 3.05) is 7.11 Å². The molecule has 2 aromatic carbocycles. The molecule has 5 atom stereocenters. The van der Waals surface area contributed by atoms with Crippen LogP contribution in [0.2, 0.25) is 0 Å². The normalized spacial score (nSPS) is 28.1. The summed E-state index contributed by atoms with van der Waals surface area (Å²) in [4.78, 5) is 0. The zero-order chi connectivity index (χ0) is 19.2. The van der Waals surface area contributed by atoms with Gasteiger partial charge in [-0.2, -0.15) is 0 Å². The fraction of sp³-hybridized carbons (Fsp3) is 0.429. The van der Waals surface area contributed by atoms with E-state index in [1.165, 1.54) is 0 Å². The number of hydrogen-bond acceptors (Lipinski definition) is 6. The maximum absolute atomic E-state index is 10.5. The fourth-order valence-corrected chi connectivity index (χ4v) is 3.05. The Balaban J connectivity index is 1.66. The average Bonchev–Trinajstić information content (AvgIpc) is 2.70. The largest absolute Gasteiger partial charge is 0.497 e. The molecule has 0 radical (unpaired) electrons. The lowest BCUT2D eigenvalue weighted by Gasteiger charge is -2.41. The minimum Gasteiger partial charge on any atom is -0.497 e. The van der Waals surface area contributed by atoms with Crippen molar-refractivity contribution in [1.82, 2.24) is 0 Å².